The minimum atomic E-state index is -3.69. The van der Waals surface area contributed by atoms with Gasteiger partial charge in [-0.15, -0.1) is 0 Å². The van der Waals surface area contributed by atoms with E-state index in [2.05, 4.69) is 25.1 Å². The second-order valence-electron chi connectivity index (χ2n) is 9.03. The van der Waals surface area contributed by atoms with Gasteiger partial charge in [-0.25, -0.2) is 13.2 Å². The normalized spacial score (nSPS) is 19.8. The van der Waals surface area contributed by atoms with Crippen LogP contribution in [0.2, 0.25) is 0 Å². The molecular formula is C26H32N2O5S. The molecule has 182 valence electrons. The van der Waals surface area contributed by atoms with Gasteiger partial charge >= 0.3 is 5.97 Å². The first-order valence-corrected chi connectivity index (χ1v) is 13.4. The zero-order valence-corrected chi connectivity index (χ0v) is 20.6. The molecule has 2 fully saturated rings. The van der Waals surface area contributed by atoms with E-state index in [-0.39, 0.29) is 29.4 Å². The minimum absolute atomic E-state index is 0.104. The lowest BCUT2D eigenvalue weighted by Crippen LogP contribution is -2.44. The second kappa shape index (κ2) is 10.3. The SMILES string of the molecule is CCOC(=O)c1ccc(S(=O)(=O)N2CCC(C(=O)N3CCCC3c3cccc(C)c3)CC2)cc1. The number of amides is 1. The van der Waals surface area contributed by atoms with Crippen LogP contribution in [0, 0.1) is 12.8 Å². The van der Waals surface area contributed by atoms with Crippen molar-refractivity contribution in [1.82, 2.24) is 9.21 Å². The number of carbonyl (C=O) groups is 2. The van der Waals surface area contributed by atoms with Gasteiger partial charge in [-0.3, -0.25) is 4.79 Å². The van der Waals surface area contributed by atoms with Gasteiger partial charge in [0, 0.05) is 25.6 Å². The van der Waals surface area contributed by atoms with E-state index in [1.54, 1.807) is 6.92 Å². The van der Waals surface area contributed by atoms with Crippen molar-refractivity contribution in [1.29, 1.82) is 0 Å². The van der Waals surface area contributed by atoms with Crippen LogP contribution >= 0.6 is 0 Å². The summed E-state index contributed by atoms with van der Waals surface area (Å²) < 4.78 is 32.6. The largest absolute Gasteiger partial charge is 0.462 e. The molecule has 8 heteroatoms. The highest BCUT2D eigenvalue weighted by Gasteiger charge is 2.37. The summed E-state index contributed by atoms with van der Waals surface area (Å²) in [7, 11) is -3.69. The number of nitrogens with zero attached hydrogens (tertiary/aromatic N) is 2. The van der Waals surface area contributed by atoms with Gasteiger partial charge in [-0.2, -0.15) is 4.31 Å². The molecule has 1 atom stereocenters. The van der Waals surface area contributed by atoms with Crippen LogP contribution in [0.25, 0.3) is 0 Å². The number of hydrogen-bond acceptors (Lipinski definition) is 5. The summed E-state index contributed by atoms with van der Waals surface area (Å²) in [6, 6.07) is 14.3. The quantitative estimate of drug-likeness (QED) is 0.580. The van der Waals surface area contributed by atoms with Crippen LogP contribution in [0.3, 0.4) is 0 Å². The van der Waals surface area contributed by atoms with Crippen LogP contribution in [0.4, 0.5) is 0 Å². The van der Waals surface area contributed by atoms with Crippen LogP contribution in [0.15, 0.2) is 53.4 Å². The molecule has 0 aliphatic carbocycles. The monoisotopic (exact) mass is 484 g/mol. The molecule has 2 aliphatic rings. The van der Waals surface area contributed by atoms with E-state index in [0.29, 0.717) is 31.5 Å². The molecule has 2 saturated heterocycles. The van der Waals surface area contributed by atoms with Crippen molar-refractivity contribution in [3.05, 3.63) is 65.2 Å². The lowest BCUT2D eigenvalue weighted by Gasteiger charge is -2.34. The molecule has 2 aliphatic heterocycles. The molecular weight excluding hydrogens is 452 g/mol. The van der Waals surface area contributed by atoms with Crippen molar-refractivity contribution < 1.29 is 22.7 Å². The Morgan fingerprint density at radius 3 is 2.35 bits per heavy atom. The average molecular weight is 485 g/mol. The summed E-state index contributed by atoms with van der Waals surface area (Å²) in [5.74, 6) is -0.500. The highest BCUT2D eigenvalue weighted by atomic mass is 32.2. The molecule has 0 aromatic heterocycles. The van der Waals surface area contributed by atoms with Crippen molar-refractivity contribution in [3.8, 4) is 0 Å². The minimum Gasteiger partial charge on any atom is -0.462 e. The highest BCUT2D eigenvalue weighted by Crippen LogP contribution is 2.35. The number of benzene rings is 2. The van der Waals surface area contributed by atoms with Gasteiger partial charge in [0.2, 0.25) is 15.9 Å². The molecule has 7 nitrogen and oxygen atoms in total. The Kier molecular flexibility index (Phi) is 7.38. The predicted molar refractivity (Wildman–Crippen MR) is 129 cm³/mol. The lowest BCUT2D eigenvalue weighted by molar-refractivity contribution is -0.137. The zero-order valence-electron chi connectivity index (χ0n) is 19.8. The Morgan fingerprint density at radius 2 is 1.71 bits per heavy atom. The van der Waals surface area contributed by atoms with E-state index < -0.39 is 16.0 Å². The average Bonchev–Trinajstić information content (AvgIpc) is 3.34. The number of piperidine rings is 1. The predicted octanol–water partition coefficient (Wildman–Crippen LogP) is 3.94. The number of carbonyl (C=O) groups excluding carboxylic acids is 2. The van der Waals surface area contributed by atoms with E-state index in [0.717, 1.165) is 19.4 Å². The first kappa shape index (κ1) is 24.4. The van der Waals surface area contributed by atoms with E-state index in [1.165, 1.54) is 39.7 Å². The van der Waals surface area contributed by atoms with Crippen LogP contribution < -0.4 is 0 Å². The summed E-state index contributed by atoms with van der Waals surface area (Å²) >= 11 is 0. The van der Waals surface area contributed by atoms with Crippen LogP contribution in [0.5, 0.6) is 0 Å². The summed E-state index contributed by atoms with van der Waals surface area (Å²) in [5.41, 5.74) is 2.68. The molecule has 1 amide bonds. The lowest BCUT2D eigenvalue weighted by atomic mass is 9.95. The van der Waals surface area contributed by atoms with E-state index in [1.807, 2.05) is 11.0 Å². The Balaban J connectivity index is 1.39. The molecule has 2 heterocycles. The molecule has 2 aromatic carbocycles. The topological polar surface area (TPSA) is 84.0 Å². The Bertz CT molecular complexity index is 1140. The van der Waals surface area contributed by atoms with Gasteiger partial charge in [0.1, 0.15) is 0 Å². The van der Waals surface area contributed by atoms with Gasteiger partial charge < -0.3 is 9.64 Å². The number of rotatable bonds is 6. The van der Waals surface area contributed by atoms with Gasteiger partial charge in [-0.1, -0.05) is 29.8 Å². The molecule has 34 heavy (non-hydrogen) atoms. The maximum atomic E-state index is 13.4. The Labute approximate surface area is 201 Å². The van der Waals surface area contributed by atoms with Crippen molar-refractivity contribution in [3.63, 3.8) is 0 Å². The Hall–Kier alpha value is -2.71. The van der Waals surface area contributed by atoms with Crippen LogP contribution in [0.1, 0.15) is 60.1 Å². The summed E-state index contributed by atoms with van der Waals surface area (Å²) in [6.45, 7) is 5.41. The van der Waals surface area contributed by atoms with Crippen molar-refractivity contribution in [2.75, 3.05) is 26.2 Å². The fraction of sp³-hybridized carbons (Fsp3) is 0.462. The smallest absolute Gasteiger partial charge is 0.338 e. The fourth-order valence-corrected chi connectivity index (χ4v) is 6.43. The van der Waals surface area contributed by atoms with Crippen molar-refractivity contribution in [2.24, 2.45) is 5.92 Å². The van der Waals surface area contributed by atoms with Crippen LogP contribution in [-0.4, -0.2) is 55.7 Å². The Morgan fingerprint density at radius 1 is 1.00 bits per heavy atom. The molecule has 4 rings (SSSR count). The first-order chi connectivity index (χ1) is 16.3. The number of sulfonamides is 1. The highest BCUT2D eigenvalue weighted by molar-refractivity contribution is 7.89. The molecule has 1 unspecified atom stereocenters. The summed E-state index contributed by atoms with van der Waals surface area (Å²) in [4.78, 5) is 27.3. The molecule has 0 spiro atoms. The fourth-order valence-electron chi connectivity index (χ4n) is 4.96. The number of hydrogen-bond donors (Lipinski definition) is 0. The number of esters is 1. The second-order valence-corrected chi connectivity index (χ2v) is 11.0. The molecule has 0 saturated carbocycles. The number of aryl methyl sites for hydroxylation is 1. The van der Waals surface area contributed by atoms with E-state index in [9.17, 15) is 18.0 Å². The first-order valence-electron chi connectivity index (χ1n) is 12.0. The summed E-state index contributed by atoms with van der Waals surface area (Å²) in [5, 5.41) is 0. The molecule has 0 bridgehead atoms. The molecule has 2 aromatic rings. The third-order valence-electron chi connectivity index (χ3n) is 6.77. The zero-order chi connectivity index (χ0) is 24.3. The van der Waals surface area contributed by atoms with Crippen molar-refractivity contribution >= 4 is 21.9 Å². The standard InChI is InChI=1S/C26H32N2O5S/c1-3-33-26(30)21-9-11-23(12-10-21)34(31,32)27-16-13-20(14-17-27)25(29)28-15-5-8-24(28)22-7-4-6-19(2)18-22/h4,6-7,9-12,18,20,24H,3,5,8,13-17H2,1-2H3. The third kappa shape index (κ3) is 5.03. The van der Waals surface area contributed by atoms with Gasteiger partial charge in [0.05, 0.1) is 23.1 Å². The van der Waals surface area contributed by atoms with Gasteiger partial charge in [0.15, 0.2) is 0 Å². The van der Waals surface area contributed by atoms with Gasteiger partial charge in [-0.05, 0) is 69.4 Å². The number of ether oxygens (including phenoxy) is 1. The maximum absolute atomic E-state index is 13.4. The van der Waals surface area contributed by atoms with E-state index >= 15 is 0 Å². The van der Waals surface area contributed by atoms with Gasteiger partial charge in [0.25, 0.3) is 0 Å². The maximum Gasteiger partial charge on any atom is 0.338 e. The van der Waals surface area contributed by atoms with E-state index in [4.69, 9.17) is 4.74 Å². The molecule has 0 radical (unpaired) electrons. The number of likely N-dealkylation sites (tertiary alicyclic amines) is 1. The third-order valence-corrected chi connectivity index (χ3v) is 8.68. The summed E-state index contributed by atoms with van der Waals surface area (Å²) in [6.07, 6.45) is 2.97. The van der Waals surface area contributed by atoms with Crippen molar-refractivity contribution in [2.45, 2.75) is 50.5 Å². The molecule has 0 N–H and O–H groups in total. The van der Waals surface area contributed by atoms with Crippen LogP contribution in [-0.2, 0) is 19.6 Å².